The maximum Gasteiger partial charge on any atom is 1.00 e. The average Bonchev–Trinajstić information content (AvgIpc) is 2.32. The van der Waals surface area contributed by atoms with E-state index in [4.69, 9.17) is 5.02 Å². The Morgan fingerprint density at radius 3 is 1.26 bits per heavy atom. The summed E-state index contributed by atoms with van der Waals surface area (Å²) in [5, 5.41) is 7.47. The molecular weight excluding hydrogens is 354 g/mol. The van der Waals surface area contributed by atoms with Crippen LogP contribution in [0.25, 0.3) is 0 Å². The van der Waals surface area contributed by atoms with Gasteiger partial charge in [0.1, 0.15) is 0 Å². The first-order valence-corrected chi connectivity index (χ1v) is 4.31. The third kappa shape index (κ3) is 23.1. The third-order valence-electron chi connectivity index (χ3n) is 0.941. The zero-order chi connectivity index (χ0) is 18.0. The quantitative estimate of drug-likeness (QED) is 0.285. The Hall–Kier alpha value is -1.34. The van der Waals surface area contributed by atoms with Gasteiger partial charge in [0.25, 0.3) is 0 Å². The molecule has 0 aliphatic carbocycles. The van der Waals surface area contributed by atoms with Gasteiger partial charge >= 0.3 is 50.8 Å². The summed E-state index contributed by atoms with van der Waals surface area (Å²) in [6.07, 6.45) is -10.9. The topological polar surface area (TPSA) is 91.3 Å². The van der Waals surface area contributed by atoms with Crippen molar-refractivity contribution < 1.29 is 89.5 Å². The van der Waals surface area contributed by atoms with E-state index in [1.165, 1.54) is 0 Å². The molecule has 1 N–H and O–H groups in total. The van der Waals surface area contributed by atoms with Crippen molar-refractivity contribution in [3.8, 4) is 0 Å². The van der Waals surface area contributed by atoms with Crippen molar-refractivity contribution in [3.05, 3.63) is 12.2 Å². The number of halogens is 8. The maximum absolute atomic E-state index is 11.3. The van der Waals surface area contributed by atoms with Gasteiger partial charge in [-0.15, -0.1) is 26.3 Å². The van der Waals surface area contributed by atoms with Gasteiger partial charge in [0.05, 0.1) is 0 Å². The predicted octanol–water partition coefficient (Wildman–Crippen LogP) is -1.45. The molecule has 0 aromatic heterocycles. The van der Waals surface area contributed by atoms with Gasteiger partial charge in [0.15, 0.2) is 0 Å². The smallest absolute Gasteiger partial charge is 1.00 e. The summed E-state index contributed by atoms with van der Waals surface area (Å²) in [4.78, 5) is 25.1. The van der Waals surface area contributed by atoms with Gasteiger partial charge in [-0.1, -0.05) is 9.05 Å². The van der Waals surface area contributed by atoms with Crippen molar-refractivity contribution >= 4 is 19.3 Å². The fourth-order valence-corrected chi connectivity index (χ4v) is 0.446. The maximum atomic E-state index is 11.3. The van der Waals surface area contributed by atoms with Crippen LogP contribution < -0.4 is 18.9 Å². The molecule has 130 valence electrons. The molecular formula is C6H4BF8LiO7. The molecule has 7 nitrogen and oxygen atoms in total. The van der Waals surface area contributed by atoms with Crippen LogP contribution in [0.1, 0.15) is 1.43 Å². The Morgan fingerprint density at radius 1 is 0.870 bits per heavy atom. The molecule has 0 aromatic rings. The van der Waals surface area contributed by atoms with Crippen LogP contribution in [0.3, 0.4) is 0 Å². The van der Waals surface area contributed by atoms with Crippen LogP contribution in [0.5, 0.6) is 0 Å². The number of carbonyl (C=O) groups is 2. The summed E-state index contributed by atoms with van der Waals surface area (Å²) >= 11 is 0. The molecule has 0 unspecified atom stereocenters. The van der Waals surface area contributed by atoms with Crippen molar-refractivity contribution in [2.24, 2.45) is 0 Å². The van der Waals surface area contributed by atoms with E-state index >= 15 is 0 Å². The van der Waals surface area contributed by atoms with E-state index in [1.807, 2.05) is 0 Å². The van der Waals surface area contributed by atoms with Crippen LogP contribution >= 0.6 is 0 Å². The molecule has 0 saturated carbocycles. The van der Waals surface area contributed by atoms with Crippen molar-refractivity contribution in [2.45, 2.75) is 12.7 Å². The molecule has 0 heterocycles. The summed E-state index contributed by atoms with van der Waals surface area (Å²) in [6, 6.07) is 0. The van der Waals surface area contributed by atoms with E-state index in [0.717, 1.165) is 0 Å². The number of hydrogen-bond acceptors (Lipinski definition) is 7. The first-order valence-electron chi connectivity index (χ1n) is 4.31. The zero-order valence-electron chi connectivity index (χ0n) is 11.7. The SMILES string of the molecule is O=C(/C=C\C(=O)OC(F)(F)F)OC(F)(F)F.OB(OF)OF.[H-].[Li+]. The second-order valence-electron chi connectivity index (χ2n) is 2.55. The third-order valence-corrected chi connectivity index (χ3v) is 0.941. The average molecular weight is 358 g/mol. The second-order valence-corrected chi connectivity index (χ2v) is 2.55. The summed E-state index contributed by atoms with van der Waals surface area (Å²) in [6.45, 7) is 0. The molecule has 0 rings (SSSR count). The van der Waals surface area contributed by atoms with Gasteiger partial charge in [-0.25, -0.2) is 9.59 Å². The Morgan fingerprint density at radius 2 is 1.13 bits per heavy atom. The van der Waals surface area contributed by atoms with Crippen molar-refractivity contribution in [2.75, 3.05) is 0 Å². The summed E-state index contributed by atoms with van der Waals surface area (Å²) in [7, 11) is -2.40. The van der Waals surface area contributed by atoms with Crippen LogP contribution in [-0.4, -0.2) is 37.0 Å². The molecule has 0 fully saturated rings. The molecule has 23 heavy (non-hydrogen) atoms. The normalized spacial score (nSPS) is 11.0. The van der Waals surface area contributed by atoms with Gasteiger partial charge in [-0.3, -0.25) is 0 Å². The Balaban J connectivity index is -0.000000215. The summed E-state index contributed by atoms with van der Waals surface area (Å²) in [5.41, 5.74) is 0. The number of carbonyl (C=O) groups excluding carboxylic acids is 2. The van der Waals surface area contributed by atoms with E-state index in [9.17, 15) is 45.0 Å². The second kappa shape index (κ2) is 12.1. The largest absolute Gasteiger partial charge is 1.00 e. The molecule has 0 aliphatic heterocycles. The van der Waals surface area contributed by atoms with Gasteiger partial charge in [-0.05, 0) is 0 Å². The Bertz CT molecular complexity index is 358. The van der Waals surface area contributed by atoms with Crippen LogP contribution in [0.4, 0.5) is 35.4 Å². The van der Waals surface area contributed by atoms with Crippen molar-refractivity contribution in [1.82, 2.24) is 0 Å². The fourth-order valence-electron chi connectivity index (χ4n) is 0.446. The molecule has 0 bridgehead atoms. The molecule has 0 amide bonds. The number of rotatable bonds is 4. The number of esters is 2. The summed E-state index contributed by atoms with van der Waals surface area (Å²) in [5.74, 6) is -4.10. The minimum Gasteiger partial charge on any atom is -1.00 e. The Kier molecular flexibility index (Phi) is 14.0. The first-order chi connectivity index (χ1) is 9.80. The molecule has 0 spiro atoms. The van der Waals surface area contributed by atoms with Crippen LogP contribution in [0, 0.1) is 0 Å². The molecule has 0 saturated heterocycles. The first kappa shape index (κ1) is 26.6. The molecule has 17 heteroatoms. The van der Waals surface area contributed by atoms with Crippen molar-refractivity contribution in [3.63, 3.8) is 0 Å². The van der Waals surface area contributed by atoms with Gasteiger partial charge in [0.2, 0.25) is 0 Å². The number of hydrogen-bond donors (Lipinski definition) is 1. The van der Waals surface area contributed by atoms with E-state index in [0.29, 0.717) is 0 Å². The van der Waals surface area contributed by atoms with Crippen molar-refractivity contribution in [1.29, 1.82) is 0 Å². The van der Waals surface area contributed by atoms with Gasteiger partial charge in [0, 0.05) is 12.2 Å². The van der Waals surface area contributed by atoms with Crippen LogP contribution in [0.2, 0.25) is 0 Å². The molecule has 0 atom stereocenters. The molecule has 0 aromatic carbocycles. The van der Waals surface area contributed by atoms with E-state index < -0.39 is 32.0 Å². The predicted molar refractivity (Wildman–Crippen MR) is 46.9 cm³/mol. The molecule has 0 aliphatic rings. The minimum atomic E-state index is -5.28. The van der Waals surface area contributed by atoms with E-state index in [2.05, 4.69) is 19.2 Å². The fraction of sp³-hybridized carbons (Fsp3) is 0.333. The molecule has 0 radical (unpaired) electrons. The van der Waals surface area contributed by atoms with Crippen LogP contribution in [0.15, 0.2) is 12.2 Å². The standard InChI is InChI=1S/C6H2F6O4.BF2HO3.Li.H/c7-5(8,9)15-3(13)1-2-4(14)16-6(10,11)12;2-5-1(4)6-3;;/h1-2H;4H;;/q;;+1;-1/b2-1-;;;. The van der Waals surface area contributed by atoms with Gasteiger partial charge < -0.3 is 15.9 Å². The number of alkyl halides is 6. The van der Waals surface area contributed by atoms with Gasteiger partial charge in [-0.2, -0.15) is 9.72 Å². The Labute approximate surface area is 134 Å². The summed E-state index contributed by atoms with van der Waals surface area (Å²) < 4.78 is 93.9. The van der Waals surface area contributed by atoms with Crippen LogP contribution in [-0.2, 0) is 28.8 Å². The number of ether oxygens (including phenoxy) is 2. The monoisotopic (exact) mass is 358 g/mol. The van der Waals surface area contributed by atoms with E-state index in [1.54, 1.807) is 0 Å². The zero-order valence-corrected chi connectivity index (χ0v) is 10.7. The van der Waals surface area contributed by atoms with E-state index in [-0.39, 0.29) is 32.4 Å². The minimum absolute atomic E-state index is 0.